The standard InChI is InChI=1S/C24H22BrN3O3S/c1-15(16-7-4-3-5-8-16)26-22(29)17-9-6-10-19(13-17)27-24(32)28-23(30)20-14-18(25)11-12-21(20)31-2/h3-15H,1-2H3,(H,26,29)(H2,27,28,30,32). The molecule has 8 heteroatoms. The lowest BCUT2D eigenvalue weighted by molar-refractivity contribution is 0.0938. The number of halogens is 1. The molecule has 6 nitrogen and oxygen atoms in total. The fourth-order valence-corrected chi connectivity index (χ4v) is 3.61. The van der Waals surface area contributed by atoms with Gasteiger partial charge in [-0.05, 0) is 61.1 Å². The van der Waals surface area contributed by atoms with Crippen molar-refractivity contribution >= 4 is 50.8 Å². The van der Waals surface area contributed by atoms with Gasteiger partial charge in [-0.15, -0.1) is 0 Å². The molecular formula is C24H22BrN3O3S. The van der Waals surface area contributed by atoms with Crippen LogP contribution in [0.2, 0.25) is 0 Å². The van der Waals surface area contributed by atoms with Crippen molar-refractivity contribution in [2.75, 3.05) is 12.4 Å². The number of benzene rings is 3. The van der Waals surface area contributed by atoms with Gasteiger partial charge in [-0.25, -0.2) is 0 Å². The molecule has 0 fully saturated rings. The normalized spacial score (nSPS) is 11.2. The summed E-state index contributed by atoms with van der Waals surface area (Å²) in [6, 6.07) is 21.6. The second kappa shape index (κ2) is 10.9. The Kier molecular flexibility index (Phi) is 7.97. The van der Waals surface area contributed by atoms with Crippen LogP contribution in [0, 0.1) is 0 Å². The average molecular weight is 512 g/mol. The van der Waals surface area contributed by atoms with E-state index >= 15 is 0 Å². The van der Waals surface area contributed by atoms with E-state index in [1.807, 2.05) is 37.3 Å². The molecule has 2 amide bonds. The maximum Gasteiger partial charge on any atom is 0.261 e. The van der Waals surface area contributed by atoms with E-state index < -0.39 is 5.91 Å². The Bertz CT molecular complexity index is 1140. The summed E-state index contributed by atoms with van der Waals surface area (Å²) in [6.45, 7) is 1.93. The summed E-state index contributed by atoms with van der Waals surface area (Å²) in [6.07, 6.45) is 0. The zero-order valence-electron chi connectivity index (χ0n) is 17.5. The molecule has 32 heavy (non-hydrogen) atoms. The largest absolute Gasteiger partial charge is 0.496 e. The number of carbonyl (C=O) groups is 2. The van der Waals surface area contributed by atoms with Crippen LogP contribution in [0.4, 0.5) is 5.69 Å². The minimum Gasteiger partial charge on any atom is -0.496 e. The molecule has 0 radical (unpaired) electrons. The smallest absolute Gasteiger partial charge is 0.261 e. The van der Waals surface area contributed by atoms with Crippen molar-refractivity contribution in [1.29, 1.82) is 0 Å². The molecule has 164 valence electrons. The van der Waals surface area contributed by atoms with Crippen LogP contribution in [0.1, 0.15) is 39.2 Å². The monoisotopic (exact) mass is 511 g/mol. The molecule has 3 rings (SSSR count). The first-order chi connectivity index (χ1) is 15.4. The number of anilines is 1. The number of ether oxygens (including phenoxy) is 1. The highest BCUT2D eigenvalue weighted by Crippen LogP contribution is 2.23. The zero-order chi connectivity index (χ0) is 23.1. The number of rotatable bonds is 6. The first-order valence-corrected chi connectivity index (χ1v) is 11.0. The zero-order valence-corrected chi connectivity index (χ0v) is 19.9. The quantitative estimate of drug-likeness (QED) is 0.402. The topological polar surface area (TPSA) is 79.5 Å². The second-order valence-electron chi connectivity index (χ2n) is 6.94. The van der Waals surface area contributed by atoms with Gasteiger partial charge in [-0.1, -0.05) is 52.3 Å². The lowest BCUT2D eigenvalue weighted by atomic mass is 10.1. The Hall–Kier alpha value is -3.23. The van der Waals surface area contributed by atoms with Gasteiger partial charge in [0.2, 0.25) is 0 Å². The molecule has 0 aliphatic carbocycles. The van der Waals surface area contributed by atoms with Gasteiger partial charge in [0, 0.05) is 15.7 Å². The van der Waals surface area contributed by atoms with Crippen molar-refractivity contribution in [3.8, 4) is 5.75 Å². The van der Waals surface area contributed by atoms with Gasteiger partial charge in [0.25, 0.3) is 11.8 Å². The minimum atomic E-state index is -0.411. The summed E-state index contributed by atoms with van der Waals surface area (Å²) in [7, 11) is 1.49. The molecule has 0 heterocycles. The van der Waals surface area contributed by atoms with E-state index in [2.05, 4.69) is 31.9 Å². The first kappa shape index (κ1) is 23.4. The molecule has 0 spiro atoms. The molecule has 0 aliphatic heterocycles. The van der Waals surface area contributed by atoms with E-state index in [1.165, 1.54) is 7.11 Å². The predicted octanol–water partition coefficient (Wildman–Crippen LogP) is 5.08. The fraction of sp³-hybridized carbons (Fsp3) is 0.125. The Morgan fingerprint density at radius 1 is 0.969 bits per heavy atom. The number of hydrogen-bond acceptors (Lipinski definition) is 4. The summed E-state index contributed by atoms with van der Waals surface area (Å²) >= 11 is 8.62. The Morgan fingerprint density at radius 2 is 1.72 bits per heavy atom. The van der Waals surface area contributed by atoms with Gasteiger partial charge >= 0.3 is 0 Å². The van der Waals surface area contributed by atoms with Gasteiger partial charge in [0.1, 0.15) is 5.75 Å². The highest BCUT2D eigenvalue weighted by atomic mass is 79.9. The number of nitrogens with one attached hydrogen (secondary N) is 3. The number of thiocarbonyl (C=S) groups is 1. The van der Waals surface area contributed by atoms with Crippen LogP contribution in [0.25, 0.3) is 0 Å². The van der Waals surface area contributed by atoms with Crippen LogP contribution in [0.5, 0.6) is 5.75 Å². The molecule has 3 N–H and O–H groups in total. The maximum atomic E-state index is 12.7. The van der Waals surface area contributed by atoms with E-state index in [0.717, 1.165) is 10.0 Å². The summed E-state index contributed by atoms with van der Waals surface area (Å²) in [5.41, 5.74) is 2.41. The van der Waals surface area contributed by atoms with Gasteiger partial charge in [-0.2, -0.15) is 0 Å². The highest BCUT2D eigenvalue weighted by molar-refractivity contribution is 9.10. The van der Waals surface area contributed by atoms with Crippen LogP contribution >= 0.6 is 28.1 Å². The average Bonchev–Trinajstić information content (AvgIpc) is 2.79. The molecule has 1 unspecified atom stereocenters. The van der Waals surface area contributed by atoms with Crippen LogP contribution in [-0.2, 0) is 0 Å². The third kappa shape index (κ3) is 6.15. The Balaban J connectivity index is 1.64. The molecule has 3 aromatic rings. The van der Waals surface area contributed by atoms with Crippen LogP contribution in [0.3, 0.4) is 0 Å². The number of carbonyl (C=O) groups excluding carboxylic acids is 2. The molecule has 0 aliphatic rings. The third-order valence-corrected chi connectivity index (χ3v) is 5.36. The number of hydrogen-bond donors (Lipinski definition) is 3. The minimum absolute atomic E-state index is 0.104. The third-order valence-electron chi connectivity index (χ3n) is 4.66. The number of amides is 2. The van der Waals surface area contributed by atoms with E-state index in [4.69, 9.17) is 17.0 Å². The highest BCUT2D eigenvalue weighted by Gasteiger charge is 2.15. The van der Waals surface area contributed by atoms with Crippen LogP contribution in [-0.4, -0.2) is 24.0 Å². The molecule has 0 saturated heterocycles. The van der Waals surface area contributed by atoms with Crippen molar-refractivity contribution in [3.05, 3.63) is 94.0 Å². The number of methoxy groups -OCH3 is 1. The van der Waals surface area contributed by atoms with E-state index in [-0.39, 0.29) is 17.1 Å². The predicted molar refractivity (Wildman–Crippen MR) is 133 cm³/mol. The van der Waals surface area contributed by atoms with E-state index in [0.29, 0.717) is 22.6 Å². The van der Waals surface area contributed by atoms with E-state index in [1.54, 1.807) is 42.5 Å². The maximum absolute atomic E-state index is 12.7. The molecule has 0 bridgehead atoms. The summed E-state index contributed by atoms with van der Waals surface area (Å²) in [5.74, 6) is -0.190. The Morgan fingerprint density at radius 3 is 2.44 bits per heavy atom. The van der Waals surface area contributed by atoms with Crippen molar-refractivity contribution in [2.24, 2.45) is 0 Å². The molecule has 0 aromatic heterocycles. The van der Waals surface area contributed by atoms with Gasteiger partial charge < -0.3 is 15.4 Å². The second-order valence-corrected chi connectivity index (χ2v) is 8.26. The SMILES string of the molecule is COc1ccc(Br)cc1C(=O)NC(=S)Nc1cccc(C(=O)NC(C)c2ccccc2)c1. The van der Waals surface area contributed by atoms with Crippen molar-refractivity contribution in [2.45, 2.75) is 13.0 Å². The summed E-state index contributed by atoms with van der Waals surface area (Å²) in [4.78, 5) is 25.3. The molecule has 3 aromatic carbocycles. The van der Waals surface area contributed by atoms with Crippen molar-refractivity contribution < 1.29 is 14.3 Å². The van der Waals surface area contributed by atoms with Crippen molar-refractivity contribution in [3.63, 3.8) is 0 Å². The fourth-order valence-electron chi connectivity index (χ4n) is 3.03. The van der Waals surface area contributed by atoms with Crippen LogP contribution < -0.4 is 20.7 Å². The lowest BCUT2D eigenvalue weighted by Gasteiger charge is -2.15. The lowest BCUT2D eigenvalue weighted by Crippen LogP contribution is -2.34. The summed E-state index contributed by atoms with van der Waals surface area (Å²) < 4.78 is 5.98. The molecular weight excluding hydrogens is 490 g/mol. The molecule has 0 saturated carbocycles. The van der Waals surface area contributed by atoms with Gasteiger partial charge in [0.05, 0.1) is 18.7 Å². The van der Waals surface area contributed by atoms with Gasteiger partial charge in [-0.3, -0.25) is 14.9 Å². The molecule has 1 atom stereocenters. The van der Waals surface area contributed by atoms with Crippen molar-refractivity contribution in [1.82, 2.24) is 10.6 Å². The first-order valence-electron chi connectivity index (χ1n) is 9.79. The Labute approximate surface area is 200 Å². The van der Waals surface area contributed by atoms with Crippen LogP contribution in [0.15, 0.2) is 77.3 Å². The summed E-state index contributed by atoms with van der Waals surface area (Å²) in [5, 5.41) is 8.65. The van der Waals surface area contributed by atoms with E-state index in [9.17, 15) is 9.59 Å². The van der Waals surface area contributed by atoms with Gasteiger partial charge in [0.15, 0.2) is 5.11 Å².